The third kappa shape index (κ3) is 5.25. The van der Waals surface area contributed by atoms with Crippen molar-refractivity contribution in [2.75, 3.05) is 44.2 Å². The third-order valence-corrected chi connectivity index (χ3v) is 5.19. The number of carbonyl (C=O) groups is 2. The predicted molar refractivity (Wildman–Crippen MR) is 117 cm³/mol. The van der Waals surface area contributed by atoms with Crippen molar-refractivity contribution in [2.45, 2.75) is 26.8 Å². The molecule has 0 bridgehead atoms. The van der Waals surface area contributed by atoms with Crippen molar-refractivity contribution >= 4 is 17.8 Å². The summed E-state index contributed by atoms with van der Waals surface area (Å²) in [6.45, 7) is 8.91. The van der Waals surface area contributed by atoms with E-state index in [4.69, 9.17) is 0 Å². The zero-order chi connectivity index (χ0) is 21.5. The zero-order valence-electron chi connectivity index (χ0n) is 17.9. The highest BCUT2D eigenvalue weighted by molar-refractivity contribution is 5.84. The summed E-state index contributed by atoms with van der Waals surface area (Å²) in [6.07, 6.45) is 0. The number of anilines is 1. The molecule has 0 radical (unpaired) electrons. The van der Waals surface area contributed by atoms with E-state index < -0.39 is 0 Å². The summed E-state index contributed by atoms with van der Waals surface area (Å²) in [5.74, 6) is 0.785. The van der Waals surface area contributed by atoms with Gasteiger partial charge in [0, 0.05) is 44.3 Å². The minimum Gasteiger partial charge on any atom is -0.352 e. The molecule has 0 aliphatic carbocycles. The van der Waals surface area contributed by atoms with Gasteiger partial charge in [-0.05, 0) is 32.9 Å². The number of piperazine rings is 1. The van der Waals surface area contributed by atoms with Crippen LogP contribution < -0.4 is 10.2 Å². The van der Waals surface area contributed by atoms with E-state index in [0.29, 0.717) is 32.7 Å². The molecule has 0 saturated carbocycles. The van der Waals surface area contributed by atoms with Crippen LogP contribution in [0.15, 0.2) is 42.5 Å². The van der Waals surface area contributed by atoms with E-state index in [1.54, 1.807) is 4.90 Å². The predicted octanol–water partition coefficient (Wildman–Crippen LogP) is 2.23. The fraction of sp³-hybridized carbons (Fsp3) is 0.455. The number of hydrogen-bond donors (Lipinski definition) is 1. The second-order valence-corrected chi connectivity index (χ2v) is 7.57. The maximum absolute atomic E-state index is 12.7. The summed E-state index contributed by atoms with van der Waals surface area (Å²) < 4.78 is 0. The second-order valence-electron chi connectivity index (χ2n) is 7.57. The number of amides is 3. The Labute approximate surface area is 177 Å². The van der Waals surface area contributed by atoms with Crippen molar-refractivity contribution in [3.05, 3.63) is 42.5 Å². The second kappa shape index (κ2) is 10.0. The number of hydrogen-bond acceptors (Lipinski definition) is 5. The number of nitrogens with zero attached hydrogens (tertiary/aromatic N) is 5. The fourth-order valence-corrected chi connectivity index (χ4v) is 3.43. The van der Waals surface area contributed by atoms with E-state index >= 15 is 0 Å². The Morgan fingerprint density at radius 1 is 1.03 bits per heavy atom. The van der Waals surface area contributed by atoms with E-state index in [2.05, 4.69) is 20.4 Å². The van der Waals surface area contributed by atoms with Gasteiger partial charge in [-0.3, -0.25) is 4.79 Å². The number of aromatic nitrogens is 2. The standard InChI is InChI=1S/C22H30N6O2/c1-4-23-22(30)28(17(2)3)16-21(29)27-14-12-26(13-15-27)20-11-10-19(24-25-20)18-8-6-5-7-9-18/h5-11,17H,4,12-16H2,1-3H3,(H,23,30). The van der Waals surface area contributed by atoms with Crippen molar-refractivity contribution in [1.82, 2.24) is 25.3 Å². The first-order chi connectivity index (χ1) is 14.5. The van der Waals surface area contributed by atoms with Crippen LogP contribution in [0.4, 0.5) is 10.6 Å². The molecule has 1 aromatic carbocycles. The summed E-state index contributed by atoms with van der Waals surface area (Å²) in [4.78, 5) is 30.4. The maximum atomic E-state index is 12.7. The first kappa shape index (κ1) is 21.5. The molecule has 1 fully saturated rings. The fourth-order valence-electron chi connectivity index (χ4n) is 3.43. The highest BCUT2D eigenvalue weighted by atomic mass is 16.2. The minimum absolute atomic E-state index is 0.0277. The number of carbonyl (C=O) groups excluding carboxylic acids is 2. The zero-order valence-corrected chi connectivity index (χ0v) is 17.9. The Hall–Kier alpha value is -3.16. The lowest BCUT2D eigenvalue weighted by atomic mass is 10.1. The Bertz CT molecular complexity index is 832. The third-order valence-electron chi connectivity index (χ3n) is 5.19. The van der Waals surface area contributed by atoms with Gasteiger partial charge in [0.1, 0.15) is 6.54 Å². The Kier molecular flexibility index (Phi) is 7.21. The van der Waals surface area contributed by atoms with Gasteiger partial charge in [-0.25, -0.2) is 4.79 Å². The summed E-state index contributed by atoms with van der Waals surface area (Å²) in [5, 5.41) is 11.5. The lowest BCUT2D eigenvalue weighted by molar-refractivity contribution is -0.132. The topological polar surface area (TPSA) is 81.7 Å². The van der Waals surface area contributed by atoms with E-state index in [9.17, 15) is 9.59 Å². The van der Waals surface area contributed by atoms with Crippen molar-refractivity contribution in [2.24, 2.45) is 0 Å². The molecule has 1 aromatic heterocycles. The number of rotatable bonds is 6. The molecule has 30 heavy (non-hydrogen) atoms. The quantitative estimate of drug-likeness (QED) is 0.790. The Morgan fingerprint density at radius 2 is 1.73 bits per heavy atom. The first-order valence-electron chi connectivity index (χ1n) is 10.5. The van der Waals surface area contributed by atoms with Crippen molar-refractivity contribution in [1.29, 1.82) is 0 Å². The van der Waals surface area contributed by atoms with Crippen LogP contribution in [0.25, 0.3) is 11.3 Å². The molecule has 8 heteroatoms. The SMILES string of the molecule is CCNC(=O)N(CC(=O)N1CCN(c2ccc(-c3ccccc3)nn2)CC1)C(C)C. The Morgan fingerprint density at radius 3 is 2.30 bits per heavy atom. The molecule has 0 atom stereocenters. The summed E-state index contributed by atoms with van der Waals surface area (Å²) in [6, 6.07) is 13.7. The highest BCUT2D eigenvalue weighted by Crippen LogP contribution is 2.19. The molecular formula is C22H30N6O2. The molecule has 0 unspecified atom stereocenters. The van der Waals surface area contributed by atoms with E-state index in [1.807, 2.05) is 68.1 Å². The first-order valence-corrected chi connectivity index (χ1v) is 10.5. The van der Waals surface area contributed by atoms with Crippen LogP contribution in [0.2, 0.25) is 0 Å². The normalized spacial score (nSPS) is 14.0. The smallest absolute Gasteiger partial charge is 0.318 e. The molecule has 160 valence electrons. The van der Waals surface area contributed by atoms with Crippen LogP contribution in [0.3, 0.4) is 0 Å². The molecule has 3 rings (SSSR count). The average molecular weight is 411 g/mol. The Balaban J connectivity index is 1.55. The van der Waals surface area contributed by atoms with Gasteiger partial charge in [0.15, 0.2) is 5.82 Å². The van der Waals surface area contributed by atoms with Gasteiger partial charge in [-0.2, -0.15) is 0 Å². The molecular weight excluding hydrogens is 380 g/mol. The molecule has 0 spiro atoms. The molecule has 2 heterocycles. The van der Waals surface area contributed by atoms with E-state index in [0.717, 1.165) is 17.1 Å². The monoisotopic (exact) mass is 410 g/mol. The number of nitrogens with one attached hydrogen (secondary N) is 1. The van der Waals surface area contributed by atoms with Crippen molar-refractivity contribution < 1.29 is 9.59 Å². The van der Waals surface area contributed by atoms with Gasteiger partial charge in [0.25, 0.3) is 0 Å². The molecule has 3 amide bonds. The molecule has 1 aliphatic rings. The van der Waals surface area contributed by atoms with Gasteiger partial charge in [-0.15, -0.1) is 10.2 Å². The van der Waals surface area contributed by atoms with Crippen LogP contribution in [0.5, 0.6) is 0 Å². The van der Waals surface area contributed by atoms with Crippen molar-refractivity contribution in [3.63, 3.8) is 0 Å². The van der Waals surface area contributed by atoms with E-state index in [-0.39, 0.29) is 24.5 Å². The van der Waals surface area contributed by atoms with Crippen molar-refractivity contribution in [3.8, 4) is 11.3 Å². The minimum atomic E-state index is -0.201. The average Bonchev–Trinajstić information content (AvgIpc) is 2.78. The van der Waals surface area contributed by atoms with Crippen LogP contribution in [0.1, 0.15) is 20.8 Å². The number of urea groups is 1. The van der Waals surface area contributed by atoms with E-state index in [1.165, 1.54) is 0 Å². The largest absolute Gasteiger partial charge is 0.352 e. The van der Waals surface area contributed by atoms with Crippen LogP contribution in [-0.4, -0.2) is 77.2 Å². The molecule has 1 saturated heterocycles. The van der Waals surface area contributed by atoms with Gasteiger partial charge < -0.3 is 20.0 Å². The summed E-state index contributed by atoms with van der Waals surface area (Å²) in [5.41, 5.74) is 1.88. The van der Waals surface area contributed by atoms with Gasteiger partial charge in [0.2, 0.25) is 5.91 Å². The highest BCUT2D eigenvalue weighted by Gasteiger charge is 2.26. The molecule has 2 aromatic rings. The molecule has 1 aliphatic heterocycles. The van der Waals surface area contributed by atoms with Crippen LogP contribution >= 0.6 is 0 Å². The number of benzene rings is 1. The van der Waals surface area contributed by atoms with Gasteiger partial charge in [0.05, 0.1) is 5.69 Å². The lowest BCUT2D eigenvalue weighted by Crippen LogP contribution is -2.54. The maximum Gasteiger partial charge on any atom is 0.318 e. The van der Waals surface area contributed by atoms with Crippen LogP contribution in [0, 0.1) is 0 Å². The summed E-state index contributed by atoms with van der Waals surface area (Å²) in [7, 11) is 0. The lowest BCUT2D eigenvalue weighted by Gasteiger charge is -2.36. The summed E-state index contributed by atoms with van der Waals surface area (Å²) >= 11 is 0. The molecule has 1 N–H and O–H groups in total. The van der Waals surface area contributed by atoms with Gasteiger partial charge >= 0.3 is 6.03 Å². The molecule has 8 nitrogen and oxygen atoms in total. The van der Waals surface area contributed by atoms with Crippen LogP contribution in [-0.2, 0) is 4.79 Å². The van der Waals surface area contributed by atoms with Gasteiger partial charge in [-0.1, -0.05) is 30.3 Å².